The number of rotatable bonds is 9. The molecule has 2 aliphatic carbocycles. The lowest BCUT2D eigenvalue weighted by Crippen LogP contribution is -2.53. The fourth-order valence-corrected chi connectivity index (χ4v) is 5.55. The molecule has 0 saturated heterocycles. The van der Waals surface area contributed by atoms with E-state index in [9.17, 15) is 19.5 Å². The number of fused-ring (bicyclic) bond motifs is 3. The van der Waals surface area contributed by atoms with Gasteiger partial charge in [0.1, 0.15) is 13.2 Å². The number of nitrogens with zero attached hydrogens (tertiary/aromatic N) is 1. The van der Waals surface area contributed by atoms with Crippen molar-refractivity contribution in [1.82, 2.24) is 10.2 Å². The molecule has 2 N–H and O–H groups in total. The standard InChI is InChI=1S/C28H34N2O5/c1-2-16-30(18-26(32)33)25(31)17-28(14-8-3-9-15-28)29-27(34)35-19-24-22-12-6-4-10-20(22)21-11-5-7-13-23(21)24/h4-7,10-13,24H,2-3,8-9,14-19H2,1H3,(H,29,34)(H,32,33). The van der Waals surface area contributed by atoms with Crippen molar-refractivity contribution in [2.24, 2.45) is 0 Å². The Morgan fingerprint density at radius 1 is 1.00 bits per heavy atom. The first kappa shape index (κ1) is 24.8. The zero-order chi connectivity index (χ0) is 24.8. The van der Waals surface area contributed by atoms with Gasteiger partial charge in [-0.15, -0.1) is 0 Å². The molecule has 0 bridgehead atoms. The van der Waals surface area contributed by atoms with E-state index in [1.54, 1.807) is 0 Å². The Hall–Kier alpha value is -3.35. The van der Waals surface area contributed by atoms with Gasteiger partial charge in [-0.25, -0.2) is 4.79 Å². The second-order valence-corrected chi connectivity index (χ2v) is 9.68. The molecule has 0 unspecified atom stereocenters. The van der Waals surface area contributed by atoms with Gasteiger partial charge < -0.3 is 20.1 Å². The quantitative estimate of drug-likeness (QED) is 0.532. The highest BCUT2D eigenvalue weighted by atomic mass is 16.5. The van der Waals surface area contributed by atoms with Crippen LogP contribution in [0.4, 0.5) is 4.79 Å². The lowest BCUT2D eigenvalue weighted by molar-refractivity contribution is -0.145. The van der Waals surface area contributed by atoms with Gasteiger partial charge >= 0.3 is 12.1 Å². The van der Waals surface area contributed by atoms with Gasteiger partial charge in [0.05, 0.1) is 12.0 Å². The number of hydrogen-bond acceptors (Lipinski definition) is 4. The van der Waals surface area contributed by atoms with Gasteiger partial charge in [0, 0.05) is 12.5 Å². The van der Waals surface area contributed by atoms with Crippen molar-refractivity contribution in [3.63, 3.8) is 0 Å². The Balaban J connectivity index is 1.44. The van der Waals surface area contributed by atoms with E-state index in [1.807, 2.05) is 31.2 Å². The molecule has 1 saturated carbocycles. The van der Waals surface area contributed by atoms with Crippen LogP contribution in [0.15, 0.2) is 48.5 Å². The summed E-state index contributed by atoms with van der Waals surface area (Å²) in [6, 6.07) is 16.4. The number of amides is 2. The van der Waals surface area contributed by atoms with Gasteiger partial charge in [-0.3, -0.25) is 9.59 Å². The molecule has 2 aromatic rings. The van der Waals surface area contributed by atoms with E-state index in [0.29, 0.717) is 25.8 Å². The van der Waals surface area contributed by atoms with E-state index >= 15 is 0 Å². The predicted molar refractivity (Wildman–Crippen MR) is 133 cm³/mol. The first-order valence-electron chi connectivity index (χ1n) is 12.6. The molecule has 35 heavy (non-hydrogen) atoms. The van der Waals surface area contributed by atoms with Crippen LogP contribution in [0.2, 0.25) is 0 Å². The molecule has 0 aromatic heterocycles. The molecule has 0 radical (unpaired) electrons. The molecule has 2 amide bonds. The Kier molecular flexibility index (Phi) is 7.73. The van der Waals surface area contributed by atoms with Crippen molar-refractivity contribution in [2.45, 2.75) is 63.3 Å². The second kappa shape index (κ2) is 10.9. The summed E-state index contributed by atoms with van der Waals surface area (Å²) in [5, 5.41) is 12.2. The molecular formula is C28H34N2O5. The second-order valence-electron chi connectivity index (χ2n) is 9.68. The fourth-order valence-electron chi connectivity index (χ4n) is 5.55. The van der Waals surface area contributed by atoms with Gasteiger partial charge in [-0.1, -0.05) is 74.7 Å². The first-order chi connectivity index (χ1) is 16.9. The minimum absolute atomic E-state index is 0.0345. The Bertz CT molecular complexity index is 1030. The molecule has 4 rings (SSSR count). The number of hydrogen-bond donors (Lipinski definition) is 2. The number of benzene rings is 2. The summed E-state index contributed by atoms with van der Waals surface area (Å²) in [7, 11) is 0. The van der Waals surface area contributed by atoms with Crippen LogP contribution in [0.5, 0.6) is 0 Å². The number of carbonyl (C=O) groups is 3. The van der Waals surface area contributed by atoms with Crippen LogP contribution in [-0.4, -0.2) is 53.2 Å². The summed E-state index contributed by atoms with van der Waals surface area (Å²) < 4.78 is 5.75. The molecule has 0 aliphatic heterocycles. The maximum Gasteiger partial charge on any atom is 0.407 e. The number of ether oxygens (including phenoxy) is 1. The number of alkyl carbamates (subject to hydrolysis) is 1. The first-order valence-corrected chi connectivity index (χ1v) is 12.6. The van der Waals surface area contributed by atoms with Gasteiger partial charge in [0.15, 0.2) is 0 Å². The van der Waals surface area contributed by atoms with Crippen molar-refractivity contribution >= 4 is 18.0 Å². The largest absolute Gasteiger partial charge is 0.480 e. The number of aliphatic carboxylic acids is 1. The molecule has 7 nitrogen and oxygen atoms in total. The molecular weight excluding hydrogens is 444 g/mol. The highest BCUT2D eigenvalue weighted by molar-refractivity contribution is 5.83. The number of carbonyl (C=O) groups excluding carboxylic acids is 2. The van der Waals surface area contributed by atoms with E-state index in [4.69, 9.17) is 4.74 Å². The maximum atomic E-state index is 13.0. The van der Waals surface area contributed by atoms with Crippen LogP contribution in [0.25, 0.3) is 11.1 Å². The van der Waals surface area contributed by atoms with Crippen molar-refractivity contribution < 1.29 is 24.2 Å². The zero-order valence-electron chi connectivity index (χ0n) is 20.3. The molecule has 2 aliphatic rings. The van der Waals surface area contributed by atoms with Crippen LogP contribution < -0.4 is 5.32 Å². The third-order valence-electron chi connectivity index (χ3n) is 7.18. The minimum atomic E-state index is -1.03. The van der Waals surface area contributed by atoms with Gasteiger partial charge in [-0.2, -0.15) is 0 Å². The molecule has 2 aromatic carbocycles. The van der Waals surface area contributed by atoms with Crippen LogP contribution in [0.3, 0.4) is 0 Å². The molecule has 7 heteroatoms. The van der Waals surface area contributed by atoms with Gasteiger partial charge in [0.25, 0.3) is 0 Å². The Morgan fingerprint density at radius 2 is 1.60 bits per heavy atom. The summed E-state index contributed by atoms with van der Waals surface area (Å²) in [4.78, 5) is 38.6. The fraction of sp³-hybridized carbons (Fsp3) is 0.464. The Labute approximate surface area is 206 Å². The maximum absolute atomic E-state index is 13.0. The van der Waals surface area contributed by atoms with Crippen molar-refractivity contribution in [3.8, 4) is 11.1 Å². The highest BCUT2D eigenvalue weighted by Crippen LogP contribution is 2.44. The molecule has 186 valence electrons. The van der Waals surface area contributed by atoms with Crippen LogP contribution in [0, 0.1) is 0 Å². The summed E-state index contributed by atoms with van der Waals surface area (Å²) in [6.45, 7) is 2.18. The van der Waals surface area contributed by atoms with Crippen molar-refractivity contribution in [2.75, 3.05) is 19.7 Å². The lowest BCUT2D eigenvalue weighted by atomic mass is 9.79. The van der Waals surface area contributed by atoms with Crippen molar-refractivity contribution in [3.05, 3.63) is 59.7 Å². The number of nitrogens with one attached hydrogen (secondary N) is 1. The van der Waals surface area contributed by atoms with E-state index in [2.05, 4.69) is 29.6 Å². The van der Waals surface area contributed by atoms with E-state index in [1.165, 1.54) is 16.0 Å². The molecule has 0 heterocycles. The highest BCUT2D eigenvalue weighted by Gasteiger charge is 2.38. The predicted octanol–water partition coefficient (Wildman–Crippen LogP) is 4.94. The third kappa shape index (κ3) is 5.66. The van der Waals surface area contributed by atoms with Crippen LogP contribution in [0.1, 0.15) is 68.9 Å². The molecule has 0 spiro atoms. The average Bonchev–Trinajstić information content (AvgIpc) is 3.16. The Morgan fingerprint density at radius 3 is 2.17 bits per heavy atom. The van der Waals surface area contributed by atoms with Gasteiger partial charge in [0.2, 0.25) is 5.91 Å². The zero-order valence-corrected chi connectivity index (χ0v) is 20.3. The summed E-state index contributed by atoms with van der Waals surface area (Å²) in [5.74, 6) is -1.31. The summed E-state index contributed by atoms with van der Waals surface area (Å²) >= 11 is 0. The summed E-state index contributed by atoms with van der Waals surface area (Å²) in [5.41, 5.74) is 3.92. The van der Waals surface area contributed by atoms with Gasteiger partial charge in [-0.05, 0) is 41.5 Å². The minimum Gasteiger partial charge on any atom is -0.480 e. The third-order valence-corrected chi connectivity index (χ3v) is 7.18. The lowest BCUT2D eigenvalue weighted by Gasteiger charge is -2.38. The topological polar surface area (TPSA) is 95.9 Å². The van der Waals surface area contributed by atoms with E-state index in [-0.39, 0.29) is 31.4 Å². The number of carboxylic acid groups (broad SMARTS) is 1. The number of carboxylic acids is 1. The normalized spacial score (nSPS) is 16.1. The van der Waals surface area contributed by atoms with E-state index < -0.39 is 17.6 Å². The monoisotopic (exact) mass is 478 g/mol. The smallest absolute Gasteiger partial charge is 0.407 e. The summed E-state index contributed by atoms with van der Waals surface area (Å²) in [6.07, 6.45) is 4.45. The van der Waals surface area contributed by atoms with Crippen LogP contribution >= 0.6 is 0 Å². The van der Waals surface area contributed by atoms with E-state index in [0.717, 1.165) is 30.4 Å². The van der Waals surface area contributed by atoms with Crippen LogP contribution in [-0.2, 0) is 14.3 Å². The molecule has 0 atom stereocenters. The molecule has 1 fully saturated rings. The SMILES string of the molecule is CCCN(CC(=O)O)C(=O)CC1(NC(=O)OCC2c3ccccc3-c3ccccc32)CCCCC1. The average molecular weight is 479 g/mol. The van der Waals surface area contributed by atoms with Crippen molar-refractivity contribution in [1.29, 1.82) is 0 Å².